The van der Waals surface area contributed by atoms with Crippen molar-refractivity contribution in [3.63, 3.8) is 0 Å². The molecule has 1 aromatic carbocycles. The van der Waals surface area contributed by atoms with E-state index in [-0.39, 0.29) is 18.6 Å². The molecule has 5 nitrogen and oxygen atoms in total. The van der Waals surface area contributed by atoms with Crippen LogP contribution in [0.15, 0.2) is 64.9 Å². The number of carbonyl (C=O) groups excluding carboxylic acids is 1. The average Bonchev–Trinajstić information content (AvgIpc) is 3.51. The monoisotopic (exact) mass is 499 g/mol. The van der Waals surface area contributed by atoms with Crippen LogP contribution in [0.5, 0.6) is 0 Å². The molecule has 0 aromatic heterocycles. The molecule has 1 aromatic rings. The third-order valence-electron chi connectivity index (χ3n) is 6.30. The second-order valence-corrected chi connectivity index (χ2v) is 8.60. The van der Waals surface area contributed by atoms with Gasteiger partial charge in [-0.05, 0) is 63.2 Å². The fourth-order valence-electron chi connectivity index (χ4n) is 4.24. The van der Waals surface area contributed by atoms with E-state index in [1.54, 1.807) is 0 Å². The van der Waals surface area contributed by atoms with Crippen LogP contribution in [-0.2, 0) is 11.2 Å². The van der Waals surface area contributed by atoms with Gasteiger partial charge in [-0.25, -0.2) is 0 Å². The normalized spacial score (nSPS) is 20.3. The van der Waals surface area contributed by atoms with Gasteiger partial charge in [-0.15, -0.1) is 0 Å². The molecule has 2 saturated heterocycles. The van der Waals surface area contributed by atoms with Crippen LogP contribution in [0.2, 0.25) is 0 Å². The summed E-state index contributed by atoms with van der Waals surface area (Å²) < 4.78 is 0. The molecule has 4 N–H and O–H groups in total. The number of hydrogen-bond donors (Lipinski definition) is 3. The summed E-state index contributed by atoms with van der Waals surface area (Å²) in [6.07, 6.45) is 9.37. The van der Waals surface area contributed by atoms with Crippen molar-refractivity contribution in [2.45, 2.75) is 99.6 Å². The number of carbonyl (C=O) groups is 1. The highest BCUT2D eigenvalue weighted by Gasteiger charge is 2.28. The summed E-state index contributed by atoms with van der Waals surface area (Å²) in [5, 5.41) is 11.5. The molecule has 1 amide bonds. The molecule has 0 spiro atoms. The van der Waals surface area contributed by atoms with Crippen LogP contribution < -0.4 is 11.1 Å². The lowest BCUT2D eigenvalue weighted by Gasteiger charge is -2.25. The second-order valence-electron chi connectivity index (χ2n) is 8.60. The Morgan fingerprint density at radius 3 is 2.33 bits per heavy atom. The van der Waals surface area contributed by atoms with E-state index in [1.165, 1.54) is 24.1 Å². The van der Waals surface area contributed by atoms with Crippen molar-refractivity contribution in [1.29, 1.82) is 0 Å². The summed E-state index contributed by atoms with van der Waals surface area (Å²) in [6, 6.07) is 10.5. The number of nitrogens with zero attached hydrogens (tertiary/aromatic N) is 1. The van der Waals surface area contributed by atoms with Gasteiger partial charge in [-0.2, -0.15) is 0 Å². The first-order valence-corrected chi connectivity index (χ1v) is 14.0. The lowest BCUT2D eigenvalue weighted by atomic mass is 9.96. The number of rotatable bonds is 7. The first-order chi connectivity index (χ1) is 17.4. The minimum absolute atomic E-state index is 0.0189. The maximum atomic E-state index is 12.3. The predicted octanol–water partition coefficient (Wildman–Crippen LogP) is 6.15. The van der Waals surface area contributed by atoms with Crippen LogP contribution >= 0.6 is 0 Å². The highest BCUT2D eigenvalue weighted by atomic mass is 16.3. The van der Waals surface area contributed by atoms with Gasteiger partial charge < -0.3 is 21.1 Å². The van der Waals surface area contributed by atoms with Gasteiger partial charge in [0.05, 0.1) is 0 Å². The van der Waals surface area contributed by atoms with Crippen molar-refractivity contribution in [3.05, 3.63) is 70.5 Å². The molecule has 2 unspecified atom stereocenters. The second kappa shape index (κ2) is 19.8. The largest absolute Gasteiger partial charge is 0.396 e. The number of amides is 1. The van der Waals surface area contributed by atoms with Crippen molar-refractivity contribution >= 4 is 5.91 Å². The Kier molecular flexibility index (Phi) is 18.5. The number of allylic oxidation sites excluding steroid dienone is 2. The van der Waals surface area contributed by atoms with E-state index in [0.29, 0.717) is 12.6 Å². The van der Waals surface area contributed by atoms with Crippen molar-refractivity contribution in [2.24, 2.45) is 5.73 Å². The van der Waals surface area contributed by atoms with Crippen LogP contribution in [0.4, 0.5) is 0 Å². The zero-order chi connectivity index (χ0) is 27.5. The Labute approximate surface area is 221 Å². The van der Waals surface area contributed by atoms with E-state index >= 15 is 0 Å². The van der Waals surface area contributed by atoms with Crippen LogP contribution in [0, 0.1) is 0 Å². The van der Waals surface area contributed by atoms with Gasteiger partial charge in [0.15, 0.2) is 0 Å². The zero-order valence-electron chi connectivity index (χ0n) is 24.2. The van der Waals surface area contributed by atoms with Crippen molar-refractivity contribution in [3.8, 4) is 0 Å². The summed E-state index contributed by atoms with van der Waals surface area (Å²) in [6.45, 7) is 18.5. The summed E-state index contributed by atoms with van der Waals surface area (Å²) in [5.74, 6) is 0.0245. The summed E-state index contributed by atoms with van der Waals surface area (Å²) in [4.78, 5) is 14.8. The number of aliphatic hydroxyl groups excluding tert-OH is 1. The van der Waals surface area contributed by atoms with Crippen LogP contribution in [0.1, 0.15) is 86.6 Å². The molecular formula is C31H53N3O2. The van der Waals surface area contributed by atoms with E-state index in [1.807, 2.05) is 58.0 Å². The molecule has 0 aliphatic carbocycles. The van der Waals surface area contributed by atoms with Crippen LogP contribution in [0.3, 0.4) is 0 Å². The van der Waals surface area contributed by atoms with E-state index in [4.69, 9.17) is 10.8 Å². The standard InChI is InChI=1S/C19H31N3O.C8H10O.2C2H6/c1-5-8-15(22-10-7-9-13(22)3)11-16-17(12-21-19(16)23)14(4)18(20)6-2;9-7-6-8-4-2-1-3-5-8;2*1-2/h8,11,13,18H,5-7,9-10,12,20H2,1-4H3,(H,21,23);1-5,9H,6-7H2;2*1-2H3/b15-8-,16-11+,17-14+;;;. The van der Waals surface area contributed by atoms with Crippen molar-refractivity contribution in [1.82, 2.24) is 10.2 Å². The number of aliphatic hydroxyl groups is 1. The molecule has 2 aliphatic heterocycles. The topological polar surface area (TPSA) is 78.6 Å². The van der Waals surface area contributed by atoms with E-state index in [9.17, 15) is 4.79 Å². The maximum absolute atomic E-state index is 12.3. The SMILES string of the molecule is CC.CC.CC/C=C(/C=C1/C(=O)NC/C1=C(/C)C(N)CC)N1CCCC1C.OCCc1ccccc1. The molecule has 2 aliphatic rings. The maximum Gasteiger partial charge on any atom is 0.251 e. The minimum atomic E-state index is 0.0189. The molecule has 0 radical (unpaired) electrons. The van der Waals surface area contributed by atoms with Gasteiger partial charge in [0, 0.05) is 43.1 Å². The Morgan fingerprint density at radius 2 is 1.83 bits per heavy atom. The molecule has 2 heterocycles. The van der Waals surface area contributed by atoms with Gasteiger partial charge in [0.2, 0.25) is 0 Å². The van der Waals surface area contributed by atoms with Crippen LogP contribution in [-0.4, -0.2) is 47.7 Å². The van der Waals surface area contributed by atoms with Gasteiger partial charge in [-0.1, -0.05) is 83.5 Å². The molecule has 204 valence electrons. The average molecular weight is 500 g/mol. The molecule has 5 heteroatoms. The first-order valence-electron chi connectivity index (χ1n) is 14.0. The number of hydrogen-bond acceptors (Lipinski definition) is 4. The zero-order valence-corrected chi connectivity index (χ0v) is 24.2. The fraction of sp³-hybridized carbons (Fsp3) is 0.581. The van der Waals surface area contributed by atoms with Gasteiger partial charge in [0.25, 0.3) is 5.91 Å². The summed E-state index contributed by atoms with van der Waals surface area (Å²) in [5.41, 5.74) is 11.6. The molecule has 2 atom stereocenters. The third-order valence-corrected chi connectivity index (χ3v) is 6.30. The lowest BCUT2D eigenvalue weighted by molar-refractivity contribution is -0.116. The number of likely N-dealkylation sites (tertiary alicyclic amines) is 1. The van der Waals surface area contributed by atoms with Gasteiger partial charge in [-0.3, -0.25) is 4.79 Å². The van der Waals surface area contributed by atoms with Gasteiger partial charge >= 0.3 is 0 Å². The summed E-state index contributed by atoms with van der Waals surface area (Å²) >= 11 is 0. The Hall–Kier alpha value is -2.37. The highest BCUT2D eigenvalue weighted by Crippen LogP contribution is 2.28. The molecule has 0 saturated carbocycles. The Morgan fingerprint density at radius 1 is 1.19 bits per heavy atom. The van der Waals surface area contributed by atoms with Crippen LogP contribution in [0.25, 0.3) is 0 Å². The molecule has 36 heavy (non-hydrogen) atoms. The number of nitrogens with one attached hydrogen (secondary N) is 1. The first kappa shape index (κ1) is 33.6. The smallest absolute Gasteiger partial charge is 0.251 e. The fourth-order valence-corrected chi connectivity index (χ4v) is 4.24. The third kappa shape index (κ3) is 10.7. The minimum Gasteiger partial charge on any atom is -0.396 e. The quantitative estimate of drug-likeness (QED) is 0.393. The predicted molar refractivity (Wildman–Crippen MR) is 156 cm³/mol. The van der Waals surface area contributed by atoms with E-state index < -0.39 is 0 Å². The van der Waals surface area contributed by atoms with Crippen molar-refractivity contribution in [2.75, 3.05) is 19.7 Å². The molecular weight excluding hydrogens is 446 g/mol. The molecule has 3 rings (SSSR count). The molecule has 0 bridgehead atoms. The lowest BCUT2D eigenvalue weighted by Crippen LogP contribution is -2.26. The Balaban J connectivity index is 0.000000783. The summed E-state index contributed by atoms with van der Waals surface area (Å²) in [7, 11) is 0. The van der Waals surface area contributed by atoms with Gasteiger partial charge in [0.1, 0.15) is 0 Å². The number of nitrogens with two attached hydrogens (primary N) is 1. The van der Waals surface area contributed by atoms with Crippen molar-refractivity contribution < 1.29 is 9.90 Å². The number of benzene rings is 1. The Bertz CT molecular complexity index is 827. The van der Waals surface area contributed by atoms with E-state index in [0.717, 1.165) is 42.5 Å². The molecule has 2 fully saturated rings. The highest BCUT2D eigenvalue weighted by molar-refractivity contribution is 6.02. The van der Waals surface area contributed by atoms with E-state index in [2.05, 4.69) is 50.1 Å².